The summed E-state index contributed by atoms with van der Waals surface area (Å²) in [6, 6.07) is 8.66. The number of nitrogens with one attached hydrogen (secondary N) is 1. The molecule has 3 heterocycles. The predicted octanol–water partition coefficient (Wildman–Crippen LogP) is 1.81. The molecule has 0 aliphatic carbocycles. The van der Waals surface area contributed by atoms with Gasteiger partial charge in [-0.2, -0.15) is 0 Å². The van der Waals surface area contributed by atoms with Crippen molar-refractivity contribution >= 4 is 11.7 Å². The van der Waals surface area contributed by atoms with Gasteiger partial charge < -0.3 is 14.8 Å². The third kappa shape index (κ3) is 3.11. The van der Waals surface area contributed by atoms with E-state index in [1.165, 1.54) is 6.07 Å². The summed E-state index contributed by atoms with van der Waals surface area (Å²) in [5.74, 6) is 0.739. The van der Waals surface area contributed by atoms with Crippen LogP contribution in [-0.2, 0) is 0 Å². The number of aromatic amines is 1. The normalized spacial score (nSPS) is 17.3. The maximum atomic E-state index is 12.7. The molecule has 1 N–H and O–H groups in total. The van der Waals surface area contributed by atoms with Crippen molar-refractivity contribution in [2.45, 2.75) is 18.9 Å². The Hall–Kier alpha value is -2.63. The molecule has 0 aromatic carbocycles. The highest BCUT2D eigenvalue weighted by Gasteiger charge is 2.31. The van der Waals surface area contributed by atoms with Gasteiger partial charge in [-0.3, -0.25) is 9.59 Å². The SMILES string of the molecule is CN(C)c1cc([C@H]2CCCN2C(=O)c2cccc(=O)[nH]2)ccn1. The van der Waals surface area contributed by atoms with E-state index in [0.717, 1.165) is 24.2 Å². The quantitative estimate of drug-likeness (QED) is 0.938. The van der Waals surface area contributed by atoms with Crippen LogP contribution in [0.5, 0.6) is 0 Å². The molecule has 1 amide bonds. The van der Waals surface area contributed by atoms with Crippen LogP contribution >= 0.6 is 0 Å². The van der Waals surface area contributed by atoms with Crippen molar-refractivity contribution in [3.05, 3.63) is 58.1 Å². The van der Waals surface area contributed by atoms with Crippen LogP contribution in [0.3, 0.4) is 0 Å². The topological polar surface area (TPSA) is 69.3 Å². The van der Waals surface area contributed by atoms with Crippen molar-refractivity contribution in [1.82, 2.24) is 14.9 Å². The van der Waals surface area contributed by atoms with Crippen LogP contribution in [0.25, 0.3) is 0 Å². The minimum absolute atomic E-state index is 0.0212. The lowest BCUT2D eigenvalue weighted by molar-refractivity contribution is 0.0729. The highest BCUT2D eigenvalue weighted by Crippen LogP contribution is 2.33. The maximum absolute atomic E-state index is 12.7. The van der Waals surface area contributed by atoms with E-state index < -0.39 is 0 Å². The fraction of sp³-hybridized carbons (Fsp3) is 0.353. The maximum Gasteiger partial charge on any atom is 0.270 e. The molecular formula is C17H20N4O2. The van der Waals surface area contributed by atoms with Crippen molar-refractivity contribution in [1.29, 1.82) is 0 Å². The Kier molecular flexibility index (Phi) is 4.14. The van der Waals surface area contributed by atoms with Gasteiger partial charge in [-0.05, 0) is 36.6 Å². The molecular weight excluding hydrogens is 292 g/mol. The van der Waals surface area contributed by atoms with Gasteiger partial charge in [-0.1, -0.05) is 6.07 Å². The minimum Gasteiger partial charge on any atom is -0.363 e. The summed E-state index contributed by atoms with van der Waals surface area (Å²) >= 11 is 0. The van der Waals surface area contributed by atoms with E-state index >= 15 is 0 Å². The molecule has 120 valence electrons. The summed E-state index contributed by atoms with van der Waals surface area (Å²) in [7, 11) is 3.89. The Balaban J connectivity index is 1.90. The number of anilines is 1. The number of hydrogen-bond acceptors (Lipinski definition) is 4. The second kappa shape index (κ2) is 6.24. The van der Waals surface area contributed by atoms with Gasteiger partial charge in [0.1, 0.15) is 11.5 Å². The zero-order chi connectivity index (χ0) is 16.4. The summed E-state index contributed by atoms with van der Waals surface area (Å²) in [4.78, 5) is 34.9. The lowest BCUT2D eigenvalue weighted by atomic mass is 10.1. The number of amides is 1. The molecule has 0 saturated carbocycles. The molecule has 6 heteroatoms. The number of rotatable bonds is 3. The zero-order valence-corrected chi connectivity index (χ0v) is 13.3. The van der Waals surface area contributed by atoms with E-state index in [0.29, 0.717) is 12.2 Å². The summed E-state index contributed by atoms with van der Waals surface area (Å²) in [6.45, 7) is 0.694. The Morgan fingerprint density at radius 3 is 2.91 bits per heavy atom. The standard InChI is InChI=1S/C17H20N4O2/c1-20(2)15-11-12(8-9-18-15)14-6-4-10-21(14)17(23)13-5-3-7-16(22)19-13/h3,5,7-9,11,14H,4,6,10H2,1-2H3,(H,19,22)/t14-/m1/s1. The van der Waals surface area contributed by atoms with Crippen molar-refractivity contribution in [2.75, 3.05) is 25.5 Å². The van der Waals surface area contributed by atoms with Crippen molar-refractivity contribution in [2.24, 2.45) is 0 Å². The predicted molar refractivity (Wildman–Crippen MR) is 88.6 cm³/mol. The van der Waals surface area contributed by atoms with Crippen molar-refractivity contribution < 1.29 is 4.79 Å². The van der Waals surface area contributed by atoms with Gasteiger partial charge in [0.05, 0.1) is 6.04 Å². The number of H-pyrrole nitrogens is 1. The fourth-order valence-electron chi connectivity index (χ4n) is 2.97. The Bertz CT molecular complexity index is 769. The molecule has 2 aromatic rings. The van der Waals surface area contributed by atoms with E-state index in [2.05, 4.69) is 9.97 Å². The number of nitrogens with zero attached hydrogens (tertiary/aromatic N) is 3. The second-order valence-corrected chi connectivity index (χ2v) is 5.93. The molecule has 1 aliphatic rings. The van der Waals surface area contributed by atoms with Crippen molar-refractivity contribution in [3.63, 3.8) is 0 Å². The van der Waals surface area contributed by atoms with Gasteiger partial charge in [0, 0.05) is 32.9 Å². The van der Waals surface area contributed by atoms with Crippen LogP contribution in [0.1, 0.15) is 34.9 Å². The van der Waals surface area contributed by atoms with E-state index in [4.69, 9.17) is 0 Å². The Morgan fingerprint density at radius 2 is 2.17 bits per heavy atom. The van der Waals surface area contributed by atoms with Gasteiger partial charge in [0.15, 0.2) is 0 Å². The van der Waals surface area contributed by atoms with Crippen LogP contribution in [0.4, 0.5) is 5.82 Å². The number of pyridine rings is 2. The van der Waals surface area contributed by atoms with Crippen LogP contribution < -0.4 is 10.5 Å². The molecule has 2 aromatic heterocycles. The Morgan fingerprint density at radius 1 is 1.35 bits per heavy atom. The molecule has 0 radical (unpaired) electrons. The third-order valence-electron chi connectivity index (χ3n) is 4.12. The van der Waals surface area contributed by atoms with Crippen molar-refractivity contribution in [3.8, 4) is 0 Å². The smallest absolute Gasteiger partial charge is 0.270 e. The van der Waals surface area contributed by atoms with E-state index in [1.807, 2.05) is 36.0 Å². The van der Waals surface area contributed by atoms with Crippen LogP contribution in [0.15, 0.2) is 41.3 Å². The molecule has 0 spiro atoms. The second-order valence-electron chi connectivity index (χ2n) is 5.93. The first kappa shape index (κ1) is 15.3. The monoisotopic (exact) mass is 312 g/mol. The lowest BCUT2D eigenvalue weighted by Crippen LogP contribution is -2.32. The first-order valence-electron chi connectivity index (χ1n) is 7.70. The molecule has 1 fully saturated rings. The summed E-state index contributed by atoms with van der Waals surface area (Å²) < 4.78 is 0. The fourth-order valence-corrected chi connectivity index (χ4v) is 2.97. The largest absolute Gasteiger partial charge is 0.363 e. The van der Waals surface area contributed by atoms with Gasteiger partial charge in [-0.25, -0.2) is 4.98 Å². The number of aromatic nitrogens is 2. The van der Waals surface area contributed by atoms with E-state index in [-0.39, 0.29) is 17.5 Å². The molecule has 0 unspecified atom stereocenters. The number of carbonyl (C=O) groups is 1. The average Bonchev–Trinajstić information content (AvgIpc) is 3.04. The number of carbonyl (C=O) groups excluding carboxylic acids is 1. The highest BCUT2D eigenvalue weighted by molar-refractivity contribution is 5.92. The first-order valence-corrected chi connectivity index (χ1v) is 7.70. The number of hydrogen-bond donors (Lipinski definition) is 1. The summed E-state index contributed by atoms with van der Waals surface area (Å²) in [6.07, 6.45) is 3.64. The van der Waals surface area contributed by atoms with Gasteiger partial charge in [0.25, 0.3) is 5.91 Å². The van der Waals surface area contributed by atoms with Gasteiger partial charge in [-0.15, -0.1) is 0 Å². The third-order valence-corrected chi connectivity index (χ3v) is 4.12. The summed E-state index contributed by atoms with van der Waals surface area (Å²) in [5, 5.41) is 0. The lowest BCUT2D eigenvalue weighted by Gasteiger charge is -2.25. The molecule has 1 aliphatic heterocycles. The molecule has 1 atom stereocenters. The molecule has 0 bridgehead atoms. The van der Waals surface area contributed by atoms with Crippen LogP contribution in [0.2, 0.25) is 0 Å². The van der Waals surface area contributed by atoms with E-state index in [1.54, 1.807) is 18.3 Å². The Labute approximate surface area is 134 Å². The molecule has 1 saturated heterocycles. The molecule has 3 rings (SSSR count). The number of likely N-dealkylation sites (tertiary alicyclic amines) is 1. The molecule has 23 heavy (non-hydrogen) atoms. The van der Waals surface area contributed by atoms with E-state index in [9.17, 15) is 9.59 Å². The van der Waals surface area contributed by atoms with Gasteiger partial charge >= 0.3 is 0 Å². The minimum atomic E-state index is -0.259. The molecule has 6 nitrogen and oxygen atoms in total. The highest BCUT2D eigenvalue weighted by atomic mass is 16.2. The zero-order valence-electron chi connectivity index (χ0n) is 13.3. The van der Waals surface area contributed by atoms with Gasteiger partial charge in [0.2, 0.25) is 5.56 Å². The van der Waals surface area contributed by atoms with Crippen LogP contribution in [0, 0.1) is 0 Å². The first-order chi connectivity index (χ1) is 11.1. The average molecular weight is 312 g/mol. The van der Waals surface area contributed by atoms with Crippen LogP contribution in [-0.4, -0.2) is 41.4 Å². The summed E-state index contributed by atoms with van der Waals surface area (Å²) in [5.41, 5.74) is 1.16.